The number of carbonyl (C=O) groups excluding carboxylic acids is 2. The Morgan fingerprint density at radius 3 is 2.32 bits per heavy atom. The van der Waals surface area contributed by atoms with Crippen molar-refractivity contribution in [3.63, 3.8) is 0 Å². The van der Waals surface area contributed by atoms with Crippen molar-refractivity contribution >= 4 is 35.8 Å². The minimum absolute atomic E-state index is 0.0939. The van der Waals surface area contributed by atoms with Gasteiger partial charge in [-0.3, -0.25) is 14.6 Å². The normalized spacial score (nSPS) is 10.6. The number of pyridine rings is 1. The molecule has 0 spiro atoms. The molecule has 0 N–H and O–H groups in total. The van der Waals surface area contributed by atoms with Crippen LogP contribution in [-0.4, -0.2) is 41.7 Å². The minimum atomic E-state index is 0.0939. The van der Waals surface area contributed by atoms with Crippen LogP contribution < -0.4 is 9.47 Å². The van der Waals surface area contributed by atoms with Crippen LogP contribution in [0.3, 0.4) is 0 Å². The van der Waals surface area contributed by atoms with Gasteiger partial charge in [-0.25, -0.2) is 9.97 Å². The number of rotatable bonds is 7. The molecule has 9 heteroatoms. The summed E-state index contributed by atoms with van der Waals surface area (Å²) in [5.41, 5.74) is 4.05. The first-order valence-electron chi connectivity index (χ1n) is 9.96. The number of carbonyl (C=O) groups is 2. The lowest BCUT2D eigenvalue weighted by molar-refractivity contribution is 0.111. The second-order valence-corrected chi connectivity index (χ2v) is 7.79. The molecule has 34 heavy (non-hydrogen) atoms. The molecule has 0 saturated heterocycles. The number of halogens is 2. The van der Waals surface area contributed by atoms with Crippen molar-refractivity contribution < 1.29 is 19.1 Å². The van der Waals surface area contributed by atoms with Crippen molar-refractivity contribution in [2.24, 2.45) is 0 Å². The maximum atomic E-state index is 11.2. The predicted octanol–water partition coefficient (Wildman–Crippen LogP) is 5.82. The molecule has 0 aliphatic carbocycles. The molecule has 0 aliphatic heterocycles. The number of methoxy groups -OCH3 is 2. The number of hydrogen-bond donors (Lipinski definition) is 0. The first-order chi connectivity index (χ1) is 16.5. The lowest BCUT2D eigenvalue weighted by Crippen LogP contribution is -1.99. The fourth-order valence-electron chi connectivity index (χ4n) is 3.49. The van der Waals surface area contributed by atoms with Gasteiger partial charge in [0.25, 0.3) is 0 Å². The molecular weight excluding hydrogens is 477 g/mol. The smallest absolute Gasteiger partial charge is 0.243 e. The molecule has 0 amide bonds. The second-order valence-electron chi connectivity index (χ2n) is 7.03. The van der Waals surface area contributed by atoms with Crippen LogP contribution >= 0.6 is 23.2 Å². The van der Waals surface area contributed by atoms with E-state index in [1.165, 1.54) is 20.4 Å². The summed E-state index contributed by atoms with van der Waals surface area (Å²) in [4.78, 5) is 35.3. The van der Waals surface area contributed by atoms with Crippen LogP contribution in [0.4, 0.5) is 0 Å². The number of nitrogens with zero attached hydrogens (tertiary/aromatic N) is 3. The van der Waals surface area contributed by atoms with E-state index in [9.17, 15) is 9.59 Å². The summed E-state index contributed by atoms with van der Waals surface area (Å²) >= 11 is 13.6. The fourth-order valence-corrected chi connectivity index (χ4v) is 4.14. The van der Waals surface area contributed by atoms with Crippen molar-refractivity contribution in [2.75, 3.05) is 14.2 Å². The van der Waals surface area contributed by atoms with Gasteiger partial charge in [0, 0.05) is 28.5 Å². The van der Waals surface area contributed by atoms with Crippen molar-refractivity contribution in [3.05, 3.63) is 76.2 Å². The molecule has 0 aliphatic rings. The van der Waals surface area contributed by atoms with Gasteiger partial charge in [-0.05, 0) is 18.2 Å². The quantitative estimate of drug-likeness (QED) is 0.299. The Bertz CT molecular complexity index is 1300. The van der Waals surface area contributed by atoms with E-state index >= 15 is 0 Å². The number of aldehydes is 2. The second kappa shape index (κ2) is 9.99. The highest BCUT2D eigenvalue weighted by atomic mass is 35.5. The van der Waals surface area contributed by atoms with Crippen LogP contribution in [0.5, 0.6) is 11.6 Å². The fraction of sp³-hybridized carbons (Fsp3) is 0.0800. The van der Waals surface area contributed by atoms with Gasteiger partial charge in [-0.15, -0.1) is 0 Å². The third-order valence-corrected chi connectivity index (χ3v) is 5.95. The Morgan fingerprint density at radius 2 is 1.62 bits per heavy atom. The van der Waals surface area contributed by atoms with Gasteiger partial charge in [0.15, 0.2) is 18.3 Å². The molecule has 7 nitrogen and oxygen atoms in total. The number of ether oxygens (including phenoxy) is 2. The Morgan fingerprint density at radius 1 is 0.853 bits per heavy atom. The van der Waals surface area contributed by atoms with Gasteiger partial charge >= 0.3 is 0 Å². The molecular formula is C25H17Cl2N3O4. The van der Waals surface area contributed by atoms with Crippen molar-refractivity contribution in [1.82, 2.24) is 15.0 Å². The minimum Gasteiger partial charge on any atom is -0.496 e. The third kappa shape index (κ3) is 4.23. The molecule has 0 radical (unpaired) electrons. The van der Waals surface area contributed by atoms with E-state index in [1.54, 1.807) is 36.5 Å². The van der Waals surface area contributed by atoms with E-state index < -0.39 is 0 Å². The summed E-state index contributed by atoms with van der Waals surface area (Å²) in [6, 6.07) is 12.3. The molecule has 0 unspecified atom stereocenters. The third-order valence-electron chi connectivity index (χ3n) is 5.16. The zero-order chi connectivity index (χ0) is 24.2. The summed E-state index contributed by atoms with van der Waals surface area (Å²) in [5.74, 6) is 0.521. The highest BCUT2D eigenvalue weighted by Gasteiger charge is 2.18. The highest BCUT2D eigenvalue weighted by Crippen LogP contribution is 2.41. The first-order valence-corrected chi connectivity index (χ1v) is 10.7. The van der Waals surface area contributed by atoms with Gasteiger partial charge in [0.05, 0.1) is 47.4 Å². The van der Waals surface area contributed by atoms with Gasteiger partial charge < -0.3 is 9.47 Å². The Balaban J connectivity index is 1.83. The Kier molecular flexibility index (Phi) is 6.86. The first kappa shape index (κ1) is 23.4. The largest absolute Gasteiger partial charge is 0.496 e. The lowest BCUT2D eigenvalue weighted by Gasteiger charge is -2.14. The van der Waals surface area contributed by atoms with Crippen LogP contribution in [0, 0.1) is 0 Å². The van der Waals surface area contributed by atoms with Crippen molar-refractivity contribution in [2.45, 2.75) is 0 Å². The summed E-state index contributed by atoms with van der Waals surface area (Å²) in [5, 5.41) is 0.771. The molecule has 2 heterocycles. The van der Waals surface area contributed by atoms with E-state index in [2.05, 4.69) is 15.0 Å². The van der Waals surface area contributed by atoms with E-state index in [0.29, 0.717) is 61.3 Å². The molecule has 0 fully saturated rings. The van der Waals surface area contributed by atoms with Crippen LogP contribution in [0.15, 0.2) is 54.9 Å². The van der Waals surface area contributed by atoms with Gasteiger partial charge in [0.2, 0.25) is 5.88 Å². The van der Waals surface area contributed by atoms with Crippen molar-refractivity contribution in [1.29, 1.82) is 0 Å². The SMILES string of the molecule is COc1cc(-c2nccc(-c3cccc(-c4cnc(C=O)c(OC)n4)c3Cl)c2Cl)ccc1C=O. The summed E-state index contributed by atoms with van der Waals surface area (Å²) in [6.45, 7) is 0. The zero-order valence-electron chi connectivity index (χ0n) is 18.1. The Labute approximate surface area is 205 Å². The predicted molar refractivity (Wildman–Crippen MR) is 130 cm³/mol. The van der Waals surface area contributed by atoms with E-state index in [4.69, 9.17) is 32.7 Å². The number of hydrogen-bond acceptors (Lipinski definition) is 7. The van der Waals surface area contributed by atoms with Crippen molar-refractivity contribution in [3.8, 4) is 45.3 Å². The molecule has 0 saturated carbocycles. The van der Waals surface area contributed by atoms with Crippen LogP contribution in [0.25, 0.3) is 33.6 Å². The van der Waals surface area contributed by atoms with Crippen LogP contribution in [-0.2, 0) is 0 Å². The summed E-state index contributed by atoms with van der Waals surface area (Å²) in [6.07, 6.45) is 4.38. The lowest BCUT2D eigenvalue weighted by atomic mass is 9.99. The average molecular weight is 494 g/mol. The average Bonchev–Trinajstić information content (AvgIpc) is 2.88. The molecule has 170 valence electrons. The number of benzene rings is 2. The van der Waals surface area contributed by atoms with E-state index in [1.807, 2.05) is 12.1 Å². The maximum Gasteiger partial charge on any atom is 0.243 e. The van der Waals surface area contributed by atoms with Crippen LogP contribution in [0.2, 0.25) is 10.0 Å². The maximum absolute atomic E-state index is 11.2. The van der Waals surface area contributed by atoms with Gasteiger partial charge in [-0.2, -0.15) is 0 Å². The topological polar surface area (TPSA) is 91.3 Å². The monoisotopic (exact) mass is 493 g/mol. The van der Waals surface area contributed by atoms with E-state index in [-0.39, 0.29) is 11.6 Å². The molecule has 0 atom stereocenters. The standard InChI is InChI=1S/C25H17Cl2N3O4/c1-33-21-10-14(6-7-15(21)12-31)24-23(27)17(8-9-28-24)16-4-3-5-18(22(16)26)19-11-29-20(13-32)25(30-19)34-2/h3-13H,1-2H3. The molecule has 2 aromatic heterocycles. The van der Waals surface area contributed by atoms with Crippen LogP contribution in [0.1, 0.15) is 20.8 Å². The van der Waals surface area contributed by atoms with Gasteiger partial charge in [0.1, 0.15) is 5.75 Å². The molecule has 4 rings (SSSR count). The summed E-state index contributed by atoms with van der Waals surface area (Å²) < 4.78 is 10.5. The van der Waals surface area contributed by atoms with Gasteiger partial charge in [-0.1, -0.05) is 47.5 Å². The zero-order valence-corrected chi connectivity index (χ0v) is 19.6. The molecule has 0 bridgehead atoms. The summed E-state index contributed by atoms with van der Waals surface area (Å²) in [7, 11) is 2.90. The highest BCUT2D eigenvalue weighted by molar-refractivity contribution is 6.39. The van der Waals surface area contributed by atoms with E-state index in [0.717, 1.165) is 6.29 Å². The molecule has 4 aromatic rings. The number of aromatic nitrogens is 3. The Hall–Kier alpha value is -3.81. The molecule has 2 aromatic carbocycles.